The van der Waals surface area contributed by atoms with Gasteiger partial charge in [0.15, 0.2) is 35.4 Å². The molecule has 2 aromatic carbocycles. The Bertz CT molecular complexity index is 1040. The van der Waals surface area contributed by atoms with Crippen LogP contribution in [0, 0.1) is 0 Å². The Morgan fingerprint density at radius 2 is 1.51 bits per heavy atom. The van der Waals surface area contributed by atoms with Gasteiger partial charge in [-0.1, -0.05) is 6.07 Å². The average Bonchev–Trinajstić information content (AvgIpc) is 2.95. The lowest BCUT2D eigenvalue weighted by Crippen LogP contribution is -2.57. The van der Waals surface area contributed by atoms with Gasteiger partial charge >= 0.3 is 0 Å². The van der Waals surface area contributed by atoms with Crippen LogP contribution < -0.4 is 18.9 Å². The Balaban J connectivity index is 1.62. The van der Waals surface area contributed by atoms with Crippen molar-refractivity contribution >= 4 is 0 Å². The maximum absolute atomic E-state index is 10.9. The zero-order valence-electron chi connectivity index (χ0n) is 22.4. The van der Waals surface area contributed by atoms with Crippen molar-refractivity contribution in [2.24, 2.45) is 0 Å². The van der Waals surface area contributed by atoms with Crippen molar-refractivity contribution in [2.45, 2.75) is 62.7 Å². The molecule has 0 radical (unpaired) electrons. The van der Waals surface area contributed by atoms with E-state index in [2.05, 4.69) is 0 Å². The molecule has 39 heavy (non-hydrogen) atoms. The van der Waals surface area contributed by atoms with Crippen molar-refractivity contribution in [2.75, 3.05) is 34.5 Å². The normalized spacial score (nSPS) is 24.6. The summed E-state index contributed by atoms with van der Waals surface area (Å²) in [6.07, 6.45) is -6.84. The largest absolute Gasteiger partial charge is 0.502 e. The number of phenols is 1. The molecule has 1 heterocycles. The summed E-state index contributed by atoms with van der Waals surface area (Å²) in [4.78, 5) is 0. The Morgan fingerprint density at radius 1 is 0.872 bits per heavy atom. The van der Waals surface area contributed by atoms with E-state index in [4.69, 9.17) is 28.4 Å². The van der Waals surface area contributed by atoms with E-state index in [0.717, 1.165) is 5.56 Å². The van der Waals surface area contributed by atoms with Crippen molar-refractivity contribution in [1.29, 1.82) is 0 Å². The van der Waals surface area contributed by atoms with E-state index in [1.54, 1.807) is 25.1 Å². The molecule has 0 amide bonds. The molecule has 0 aliphatic carbocycles. The molecule has 0 bridgehead atoms. The van der Waals surface area contributed by atoms with Gasteiger partial charge in [-0.05, 0) is 55.2 Å². The van der Waals surface area contributed by atoms with E-state index in [0.29, 0.717) is 29.9 Å². The van der Waals surface area contributed by atoms with Gasteiger partial charge in [0.2, 0.25) is 5.75 Å². The SMILES string of the molecule is COc1cc(CCCO[C@H]2O[C@@H](C)[C@H](O)[C@@H](O)[C@H]2O)ccc1O[C@@H](CO)[C@H](O)c1cc(OC)c(O)c(OC)c1. The fraction of sp³-hybridized carbons (Fsp3) is 0.556. The lowest BCUT2D eigenvalue weighted by atomic mass is 10.00. The van der Waals surface area contributed by atoms with Gasteiger partial charge in [0.1, 0.15) is 24.4 Å². The lowest BCUT2D eigenvalue weighted by molar-refractivity contribution is -0.293. The first kappa shape index (κ1) is 30.7. The fourth-order valence-electron chi connectivity index (χ4n) is 4.26. The molecule has 0 unspecified atom stereocenters. The molecule has 1 fully saturated rings. The number of ether oxygens (including phenoxy) is 6. The number of aliphatic hydroxyl groups excluding tert-OH is 5. The fourth-order valence-corrected chi connectivity index (χ4v) is 4.26. The predicted molar refractivity (Wildman–Crippen MR) is 137 cm³/mol. The number of aliphatic hydroxyl groups is 5. The third-order valence-electron chi connectivity index (χ3n) is 6.58. The quantitative estimate of drug-likeness (QED) is 0.191. The zero-order valence-corrected chi connectivity index (χ0v) is 22.4. The predicted octanol–water partition coefficient (Wildman–Crippen LogP) is 0.668. The van der Waals surface area contributed by atoms with Crippen molar-refractivity contribution in [3.63, 3.8) is 0 Å². The number of aromatic hydroxyl groups is 1. The summed E-state index contributed by atoms with van der Waals surface area (Å²) < 4.78 is 32.6. The number of rotatable bonds is 13. The summed E-state index contributed by atoms with van der Waals surface area (Å²) in [5, 5.41) is 60.7. The summed E-state index contributed by atoms with van der Waals surface area (Å²) in [5.41, 5.74) is 1.20. The molecule has 12 heteroatoms. The van der Waals surface area contributed by atoms with Gasteiger partial charge in [-0.3, -0.25) is 0 Å². The monoisotopic (exact) mass is 554 g/mol. The molecule has 6 N–H and O–H groups in total. The topological polar surface area (TPSA) is 177 Å². The summed E-state index contributed by atoms with van der Waals surface area (Å²) in [6.45, 7) is 1.30. The maximum Gasteiger partial charge on any atom is 0.200 e. The van der Waals surface area contributed by atoms with Crippen LogP contribution in [0.15, 0.2) is 30.3 Å². The van der Waals surface area contributed by atoms with Crippen LogP contribution in [0.4, 0.5) is 0 Å². The van der Waals surface area contributed by atoms with Crippen LogP contribution in [0.25, 0.3) is 0 Å². The molecule has 2 aromatic rings. The smallest absolute Gasteiger partial charge is 0.200 e. The van der Waals surface area contributed by atoms with Crippen molar-refractivity contribution in [3.05, 3.63) is 41.5 Å². The average molecular weight is 555 g/mol. The highest BCUT2D eigenvalue weighted by Gasteiger charge is 2.42. The van der Waals surface area contributed by atoms with Crippen molar-refractivity contribution in [3.8, 4) is 28.7 Å². The molecule has 0 saturated carbocycles. The van der Waals surface area contributed by atoms with Crippen LogP contribution in [-0.4, -0.2) is 102 Å². The van der Waals surface area contributed by atoms with Crippen LogP contribution in [0.2, 0.25) is 0 Å². The van der Waals surface area contributed by atoms with Gasteiger partial charge in [0.25, 0.3) is 0 Å². The molecule has 0 spiro atoms. The molecule has 3 rings (SSSR count). The standard InChI is InChI=1S/C27H38O12/c1-14-22(29)25(32)26(33)27(38-14)37-9-5-6-15-7-8-17(18(10-15)34-2)39-21(13-28)23(30)16-11-19(35-3)24(31)20(12-16)36-4/h7-8,10-12,14,21-23,25-33H,5-6,9,13H2,1-4H3/t14-,21-,22-,23+,25+,26+,27-/m0/s1. The molecule has 1 aliphatic heterocycles. The Hall–Kier alpha value is -2.84. The molecule has 7 atom stereocenters. The first-order valence-electron chi connectivity index (χ1n) is 12.5. The van der Waals surface area contributed by atoms with Crippen molar-refractivity contribution in [1.82, 2.24) is 0 Å². The Kier molecular flexibility index (Phi) is 11.0. The second-order valence-electron chi connectivity index (χ2n) is 9.20. The molecule has 1 saturated heterocycles. The Labute approximate surface area is 226 Å². The summed E-state index contributed by atoms with van der Waals surface area (Å²) in [6, 6.07) is 8.09. The highest BCUT2D eigenvalue weighted by molar-refractivity contribution is 5.53. The van der Waals surface area contributed by atoms with E-state index < -0.39 is 49.5 Å². The number of methoxy groups -OCH3 is 3. The van der Waals surface area contributed by atoms with Crippen molar-refractivity contribution < 1.29 is 59.1 Å². The molecule has 1 aliphatic rings. The maximum atomic E-state index is 10.9. The minimum absolute atomic E-state index is 0.0962. The van der Waals surface area contributed by atoms with Crippen LogP contribution in [0.5, 0.6) is 28.7 Å². The number of hydrogen-bond acceptors (Lipinski definition) is 12. The molecule has 0 aromatic heterocycles. The van der Waals surface area contributed by atoms with Gasteiger partial charge in [0, 0.05) is 0 Å². The van der Waals surface area contributed by atoms with E-state index in [9.17, 15) is 30.6 Å². The summed E-state index contributed by atoms with van der Waals surface area (Å²) >= 11 is 0. The molecular weight excluding hydrogens is 516 g/mol. The van der Waals surface area contributed by atoms with Gasteiger partial charge < -0.3 is 59.1 Å². The van der Waals surface area contributed by atoms with Crippen LogP contribution >= 0.6 is 0 Å². The van der Waals surface area contributed by atoms with Gasteiger partial charge in [0.05, 0.1) is 40.6 Å². The molecule has 12 nitrogen and oxygen atoms in total. The third-order valence-corrected chi connectivity index (χ3v) is 6.58. The second-order valence-corrected chi connectivity index (χ2v) is 9.20. The highest BCUT2D eigenvalue weighted by Crippen LogP contribution is 2.40. The molecular formula is C27H38O12. The Morgan fingerprint density at radius 3 is 2.10 bits per heavy atom. The van der Waals surface area contributed by atoms with Crippen LogP contribution in [0.1, 0.15) is 30.6 Å². The van der Waals surface area contributed by atoms with Crippen LogP contribution in [0.3, 0.4) is 0 Å². The second kappa shape index (κ2) is 14.0. The third kappa shape index (κ3) is 7.22. The lowest BCUT2D eigenvalue weighted by Gasteiger charge is -2.38. The number of benzene rings is 2. The van der Waals surface area contributed by atoms with E-state index >= 15 is 0 Å². The minimum atomic E-state index is -1.36. The zero-order chi connectivity index (χ0) is 28.7. The highest BCUT2D eigenvalue weighted by atomic mass is 16.7. The number of hydrogen-bond donors (Lipinski definition) is 6. The number of aryl methyl sites for hydroxylation is 1. The first-order chi connectivity index (χ1) is 18.6. The van der Waals surface area contributed by atoms with Crippen LogP contribution in [-0.2, 0) is 15.9 Å². The minimum Gasteiger partial charge on any atom is -0.502 e. The number of phenolic OH excluding ortho intramolecular Hbond substituents is 1. The van der Waals surface area contributed by atoms with Gasteiger partial charge in [-0.2, -0.15) is 0 Å². The van der Waals surface area contributed by atoms with E-state index in [1.165, 1.54) is 33.5 Å². The van der Waals surface area contributed by atoms with E-state index in [-0.39, 0.29) is 23.9 Å². The summed E-state index contributed by atoms with van der Waals surface area (Å²) in [5.74, 6) is 0.664. The van der Waals surface area contributed by atoms with Gasteiger partial charge in [-0.15, -0.1) is 0 Å². The van der Waals surface area contributed by atoms with Gasteiger partial charge in [-0.25, -0.2) is 0 Å². The molecule has 218 valence electrons. The summed E-state index contributed by atoms with van der Waals surface area (Å²) in [7, 11) is 4.21. The first-order valence-corrected chi connectivity index (χ1v) is 12.5. The van der Waals surface area contributed by atoms with E-state index in [1.807, 2.05) is 0 Å².